The Hall–Kier alpha value is -3.91. The summed E-state index contributed by atoms with van der Waals surface area (Å²) < 4.78 is 4.74. The van der Waals surface area contributed by atoms with Gasteiger partial charge in [0.2, 0.25) is 0 Å². The molecular weight excluding hydrogens is 496 g/mol. The number of nitrogens with zero attached hydrogens (tertiary/aromatic N) is 2. The van der Waals surface area contributed by atoms with Crippen LogP contribution in [-0.2, 0) is 0 Å². The minimum absolute atomic E-state index is 0.385. The number of hydrogen-bond donors (Lipinski definition) is 0. The van der Waals surface area contributed by atoms with Gasteiger partial charge >= 0.3 is 0 Å². The second kappa shape index (κ2) is 11.9. The molecule has 0 N–H and O–H groups in total. The van der Waals surface area contributed by atoms with Crippen LogP contribution in [0.3, 0.4) is 0 Å². The van der Waals surface area contributed by atoms with E-state index in [-0.39, 0.29) is 0 Å². The van der Waals surface area contributed by atoms with E-state index in [1.54, 1.807) is 0 Å². The van der Waals surface area contributed by atoms with E-state index in [0.29, 0.717) is 23.7 Å². The fourth-order valence-electron chi connectivity index (χ4n) is 5.96. The summed E-state index contributed by atoms with van der Waals surface area (Å²) in [4.78, 5) is 0. The van der Waals surface area contributed by atoms with Gasteiger partial charge in [-0.15, -0.1) is 0 Å². The van der Waals surface area contributed by atoms with E-state index in [1.165, 1.54) is 50.3 Å². The maximum absolute atomic E-state index is 3.74. The number of rotatable bonds is 8. The van der Waals surface area contributed by atoms with Gasteiger partial charge in [0.1, 0.15) is 5.69 Å². The molecule has 0 saturated carbocycles. The van der Waals surface area contributed by atoms with Gasteiger partial charge in [0, 0.05) is 22.4 Å². The Bertz CT molecular complexity index is 1480. The largest absolute Gasteiger partial charge is 0.355 e. The van der Waals surface area contributed by atoms with E-state index < -0.39 is 0 Å². The molecule has 5 rings (SSSR count). The highest BCUT2D eigenvalue weighted by atomic mass is 15.2. The van der Waals surface area contributed by atoms with Gasteiger partial charge in [-0.05, 0) is 34.8 Å². The maximum atomic E-state index is 3.74. The summed E-state index contributed by atoms with van der Waals surface area (Å²) in [5.74, 6) is 2.68. The topological polar surface area (TPSA) is 8.81 Å². The van der Waals surface area contributed by atoms with Crippen LogP contribution in [0.2, 0.25) is 0 Å². The summed E-state index contributed by atoms with van der Waals surface area (Å²) in [7, 11) is 0. The Labute approximate surface area is 247 Å². The van der Waals surface area contributed by atoms with Crippen molar-refractivity contribution in [2.24, 2.45) is 0 Å². The zero-order valence-electron chi connectivity index (χ0n) is 25.9. The van der Waals surface area contributed by atoms with Crippen LogP contribution in [0, 0.1) is 6.20 Å². The molecule has 1 heterocycles. The highest BCUT2D eigenvalue weighted by Gasteiger charge is 2.25. The van der Waals surface area contributed by atoms with E-state index in [0.717, 1.165) is 5.82 Å². The van der Waals surface area contributed by atoms with E-state index in [1.807, 2.05) is 0 Å². The van der Waals surface area contributed by atoms with Crippen LogP contribution in [0.1, 0.15) is 101 Å². The quantitative estimate of drug-likeness (QED) is 0.137. The SMILES string of the molecule is CC(C)c1cccc(C(C)C)c1-n1c[c-][n+](-c2c(C(C)C)cccc2C(C)C)c1-c1ccc(-c2ccccc2)cc1. The van der Waals surface area contributed by atoms with Crippen LogP contribution in [0.25, 0.3) is 33.9 Å². The fourth-order valence-corrected chi connectivity index (χ4v) is 5.96. The summed E-state index contributed by atoms with van der Waals surface area (Å²) in [5.41, 5.74) is 11.6. The minimum Gasteiger partial charge on any atom is -0.355 e. The first-order valence-corrected chi connectivity index (χ1v) is 15.2. The Morgan fingerprint density at radius 3 is 1.41 bits per heavy atom. The predicted molar refractivity (Wildman–Crippen MR) is 173 cm³/mol. The molecule has 0 radical (unpaired) electrons. The van der Waals surface area contributed by atoms with Gasteiger partial charge in [-0.3, -0.25) is 4.57 Å². The zero-order chi connectivity index (χ0) is 29.3. The highest BCUT2D eigenvalue weighted by molar-refractivity contribution is 5.69. The monoisotopic (exact) mass is 540 g/mol. The molecule has 1 aromatic heterocycles. The lowest BCUT2D eigenvalue weighted by Gasteiger charge is -2.25. The van der Waals surface area contributed by atoms with Gasteiger partial charge in [-0.2, -0.15) is 0 Å². The Balaban J connectivity index is 1.85. The Morgan fingerprint density at radius 1 is 0.488 bits per heavy atom. The van der Waals surface area contributed by atoms with Crippen molar-refractivity contribution in [1.82, 2.24) is 4.57 Å². The van der Waals surface area contributed by atoms with Crippen molar-refractivity contribution >= 4 is 0 Å². The van der Waals surface area contributed by atoms with Crippen molar-refractivity contribution in [3.8, 4) is 33.9 Å². The van der Waals surface area contributed by atoms with Crippen LogP contribution in [0.5, 0.6) is 0 Å². The van der Waals surface area contributed by atoms with Crippen molar-refractivity contribution in [2.75, 3.05) is 0 Å². The zero-order valence-corrected chi connectivity index (χ0v) is 25.9. The molecule has 0 spiro atoms. The van der Waals surface area contributed by atoms with Crippen molar-refractivity contribution in [1.29, 1.82) is 0 Å². The average molecular weight is 541 g/mol. The maximum Gasteiger partial charge on any atom is 0.190 e. The summed E-state index contributed by atoms with van der Waals surface area (Å²) in [5, 5.41) is 0. The van der Waals surface area contributed by atoms with Crippen LogP contribution >= 0.6 is 0 Å². The third-order valence-corrected chi connectivity index (χ3v) is 8.16. The number of aromatic nitrogens is 2. The summed E-state index contributed by atoms with van der Waals surface area (Å²) in [6.45, 7) is 18.3. The van der Waals surface area contributed by atoms with Gasteiger partial charge < -0.3 is 4.57 Å². The summed E-state index contributed by atoms with van der Waals surface area (Å²) in [6.07, 6.45) is 5.90. The Kier molecular flexibility index (Phi) is 8.31. The molecular formula is C39H44N2. The molecule has 210 valence electrons. The first-order chi connectivity index (χ1) is 19.7. The van der Waals surface area contributed by atoms with Crippen LogP contribution in [0.15, 0.2) is 97.2 Å². The first-order valence-electron chi connectivity index (χ1n) is 15.2. The third kappa shape index (κ3) is 5.53. The molecule has 0 saturated heterocycles. The molecule has 0 unspecified atom stereocenters. The van der Waals surface area contributed by atoms with Crippen molar-refractivity contribution in [3.63, 3.8) is 0 Å². The lowest BCUT2D eigenvalue weighted by Crippen LogP contribution is -2.35. The van der Waals surface area contributed by atoms with E-state index in [9.17, 15) is 0 Å². The molecule has 2 nitrogen and oxygen atoms in total. The van der Waals surface area contributed by atoms with E-state index in [4.69, 9.17) is 0 Å². The average Bonchev–Trinajstić information content (AvgIpc) is 3.41. The number of para-hydroxylation sites is 2. The summed E-state index contributed by atoms with van der Waals surface area (Å²) >= 11 is 0. The second-order valence-corrected chi connectivity index (χ2v) is 12.4. The first kappa shape index (κ1) is 28.6. The highest BCUT2D eigenvalue weighted by Crippen LogP contribution is 2.36. The molecule has 41 heavy (non-hydrogen) atoms. The molecule has 0 aliphatic carbocycles. The smallest absolute Gasteiger partial charge is 0.190 e. The van der Waals surface area contributed by atoms with Crippen molar-refractivity contribution in [2.45, 2.75) is 79.1 Å². The van der Waals surface area contributed by atoms with Crippen LogP contribution < -0.4 is 4.57 Å². The number of imidazole rings is 1. The Morgan fingerprint density at radius 2 is 0.927 bits per heavy atom. The number of benzene rings is 4. The lowest BCUT2D eigenvalue weighted by molar-refractivity contribution is -0.588. The third-order valence-electron chi connectivity index (χ3n) is 8.16. The lowest BCUT2D eigenvalue weighted by atomic mass is 9.92. The predicted octanol–water partition coefficient (Wildman–Crippen LogP) is 10.4. The fraction of sp³-hybridized carbons (Fsp3) is 0.308. The second-order valence-electron chi connectivity index (χ2n) is 12.4. The summed E-state index contributed by atoms with van der Waals surface area (Å²) in [6, 6.07) is 33.3. The molecule has 0 amide bonds. The van der Waals surface area contributed by atoms with Gasteiger partial charge in [0.25, 0.3) is 0 Å². The molecule has 0 aliphatic rings. The van der Waals surface area contributed by atoms with Crippen molar-refractivity contribution in [3.05, 3.63) is 126 Å². The molecule has 2 heteroatoms. The van der Waals surface area contributed by atoms with Gasteiger partial charge in [0.05, 0.1) is 12.4 Å². The van der Waals surface area contributed by atoms with Crippen molar-refractivity contribution < 1.29 is 4.57 Å². The van der Waals surface area contributed by atoms with E-state index in [2.05, 4.69) is 168 Å². The van der Waals surface area contributed by atoms with E-state index >= 15 is 0 Å². The molecule has 0 bridgehead atoms. The molecule has 0 fully saturated rings. The van der Waals surface area contributed by atoms with Gasteiger partial charge in [0.15, 0.2) is 5.82 Å². The normalized spacial score (nSPS) is 11.8. The van der Waals surface area contributed by atoms with Gasteiger partial charge in [-0.25, -0.2) is 0 Å². The molecule has 5 aromatic rings. The molecule has 0 atom stereocenters. The van der Waals surface area contributed by atoms with Crippen LogP contribution in [0.4, 0.5) is 0 Å². The number of hydrogen-bond acceptors (Lipinski definition) is 0. The molecule has 4 aromatic carbocycles. The van der Waals surface area contributed by atoms with Crippen LogP contribution in [-0.4, -0.2) is 4.57 Å². The van der Waals surface area contributed by atoms with Gasteiger partial charge in [-0.1, -0.05) is 158 Å². The standard InChI is InChI=1S/C39H44N2/c1-26(2)33-16-12-17-34(27(3)4)37(33)40-24-25-41(38-35(28(5)6)18-13-19-36(38)29(7)8)39(40)32-22-20-31(21-23-32)30-14-10-9-11-15-30/h9-24,26-29H,1-8H3. The minimum atomic E-state index is 0.385. The molecule has 0 aliphatic heterocycles.